The zero-order valence-electron chi connectivity index (χ0n) is 12.7. The number of nitrogens with two attached hydrogens (primary N) is 1. The fourth-order valence-corrected chi connectivity index (χ4v) is 3.75. The molecule has 2 aliphatic rings. The summed E-state index contributed by atoms with van der Waals surface area (Å²) >= 11 is 0. The van der Waals surface area contributed by atoms with E-state index in [2.05, 4.69) is 26.1 Å². The molecule has 2 aliphatic carbocycles. The van der Waals surface area contributed by atoms with E-state index < -0.39 is 0 Å². The van der Waals surface area contributed by atoms with Crippen LogP contribution in [0.1, 0.15) is 65.7 Å². The first-order valence-corrected chi connectivity index (χ1v) is 7.98. The van der Waals surface area contributed by atoms with Crippen molar-refractivity contribution in [3.63, 3.8) is 0 Å². The molecule has 19 heavy (non-hydrogen) atoms. The number of carbonyl (C=O) groups is 1. The van der Waals surface area contributed by atoms with E-state index in [1.807, 2.05) is 0 Å². The Morgan fingerprint density at radius 2 is 2.05 bits per heavy atom. The Hall–Kier alpha value is -0.570. The lowest BCUT2D eigenvalue weighted by Gasteiger charge is -2.40. The van der Waals surface area contributed by atoms with Gasteiger partial charge in [0.25, 0.3) is 0 Å². The first-order chi connectivity index (χ1) is 8.89. The van der Waals surface area contributed by atoms with E-state index in [-0.39, 0.29) is 11.4 Å². The Balaban J connectivity index is 1.89. The van der Waals surface area contributed by atoms with Gasteiger partial charge < -0.3 is 11.1 Å². The molecule has 0 aromatic carbocycles. The van der Waals surface area contributed by atoms with E-state index >= 15 is 0 Å². The third-order valence-corrected chi connectivity index (χ3v) is 5.23. The number of hydrogen-bond donors (Lipinski definition) is 2. The maximum atomic E-state index is 12.2. The molecule has 0 radical (unpaired) electrons. The summed E-state index contributed by atoms with van der Waals surface area (Å²) in [5, 5.41) is 3.29. The Labute approximate surface area is 117 Å². The molecule has 3 heteroatoms. The van der Waals surface area contributed by atoms with Crippen molar-refractivity contribution in [3.8, 4) is 0 Å². The minimum atomic E-state index is -0.197. The van der Waals surface area contributed by atoms with E-state index in [1.165, 1.54) is 19.3 Å². The molecule has 3 nitrogen and oxygen atoms in total. The first-order valence-electron chi connectivity index (χ1n) is 7.98. The normalized spacial score (nSPS) is 33.8. The van der Waals surface area contributed by atoms with Crippen LogP contribution in [0, 0.1) is 17.8 Å². The molecule has 3 N–H and O–H groups in total. The van der Waals surface area contributed by atoms with Crippen LogP contribution in [0.25, 0.3) is 0 Å². The Morgan fingerprint density at radius 1 is 1.37 bits per heavy atom. The first kappa shape index (κ1) is 14.8. The molecular weight excluding hydrogens is 236 g/mol. The summed E-state index contributed by atoms with van der Waals surface area (Å²) in [5.41, 5.74) is 5.97. The molecule has 2 rings (SSSR count). The van der Waals surface area contributed by atoms with Crippen LogP contribution in [-0.4, -0.2) is 17.5 Å². The van der Waals surface area contributed by atoms with Crippen molar-refractivity contribution in [2.45, 2.75) is 77.3 Å². The van der Waals surface area contributed by atoms with Crippen LogP contribution in [0.2, 0.25) is 0 Å². The summed E-state index contributed by atoms with van der Waals surface area (Å²) in [6, 6.07) is 0.361. The van der Waals surface area contributed by atoms with Crippen LogP contribution < -0.4 is 11.1 Å². The number of nitrogens with one attached hydrogen (secondary N) is 1. The fourth-order valence-electron chi connectivity index (χ4n) is 3.75. The maximum absolute atomic E-state index is 12.2. The van der Waals surface area contributed by atoms with Gasteiger partial charge in [-0.15, -0.1) is 0 Å². The molecular formula is C16H30N2O. The van der Waals surface area contributed by atoms with E-state index in [1.54, 1.807) is 0 Å². The van der Waals surface area contributed by atoms with E-state index in [0.717, 1.165) is 25.2 Å². The van der Waals surface area contributed by atoms with Crippen molar-refractivity contribution in [2.75, 3.05) is 0 Å². The average Bonchev–Trinajstić information content (AvgIpc) is 2.26. The highest BCUT2D eigenvalue weighted by molar-refractivity contribution is 5.77. The summed E-state index contributed by atoms with van der Waals surface area (Å²) in [6.07, 6.45) is 7.39. The summed E-state index contributed by atoms with van der Waals surface area (Å²) in [5.74, 6) is 2.19. The van der Waals surface area contributed by atoms with Gasteiger partial charge >= 0.3 is 0 Å². The van der Waals surface area contributed by atoms with Gasteiger partial charge in [-0.25, -0.2) is 0 Å². The molecule has 0 aromatic heterocycles. The quantitative estimate of drug-likeness (QED) is 0.822. The molecule has 0 saturated heterocycles. The van der Waals surface area contributed by atoms with Crippen molar-refractivity contribution in [1.29, 1.82) is 0 Å². The van der Waals surface area contributed by atoms with Gasteiger partial charge in [0, 0.05) is 18.0 Å². The smallest absolute Gasteiger partial charge is 0.222 e. The second-order valence-electron chi connectivity index (χ2n) is 7.39. The predicted molar refractivity (Wildman–Crippen MR) is 78.7 cm³/mol. The van der Waals surface area contributed by atoms with Crippen LogP contribution in [-0.2, 0) is 4.79 Å². The lowest BCUT2D eigenvalue weighted by Crippen LogP contribution is -2.52. The fraction of sp³-hybridized carbons (Fsp3) is 0.938. The molecule has 2 fully saturated rings. The number of carbonyl (C=O) groups excluding carboxylic acids is 1. The lowest BCUT2D eigenvalue weighted by molar-refractivity contribution is -0.124. The SMILES string of the molecule is CC1CCC(C(C)C)C(NC(=O)CC2(N)CCC2)C1. The van der Waals surface area contributed by atoms with Crippen molar-refractivity contribution < 1.29 is 4.79 Å². The molecule has 0 bridgehead atoms. The largest absolute Gasteiger partial charge is 0.353 e. The van der Waals surface area contributed by atoms with Crippen LogP contribution in [0.5, 0.6) is 0 Å². The van der Waals surface area contributed by atoms with E-state index in [0.29, 0.717) is 24.3 Å². The van der Waals surface area contributed by atoms with Crippen LogP contribution in [0.4, 0.5) is 0 Å². The Kier molecular flexibility index (Phi) is 4.54. The van der Waals surface area contributed by atoms with Crippen LogP contribution in [0.3, 0.4) is 0 Å². The highest BCUT2D eigenvalue weighted by Gasteiger charge is 2.37. The minimum Gasteiger partial charge on any atom is -0.353 e. The topological polar surface area (TPSA) is 55.1 Å². The molecule has 0 spiro atoms. The van der Waals surface area contributed by atoms with Crippen molar-refractivity contribution >= 4 is 5.91 Å². The van der Waals surface area contributed by atoms with Gasteiger partial charge in [-0.1, -0.05) is 27.2 Å². The second kappa shape index (κ2) is 5.82. The third-order valence-electron chi connectivity index (χ3n) is 5.23. The molecule has 3 unspecified atom stereocenters. The van der Waals surface area contributed by atoms with Gasteiger partial charge in [-0.3, -0.25) is 4.79 Å². The summed E-state index contributed by atoms with van der Waals surface area (Å²) in [4.78, 5) is 12.2. The van der Waals surface area contributed by atoms with Gasteiger partial charge in [0.15, 0.2) is 0 Å². The van der Waals surface area contributed by atoms with Crippen LogP contribution >= 0.6 is 0 Å². The second-order valence-corrected chi connectivity index (χ2v) is 7.39. The molecule has 3 atom stereocenters. The van der Waals surface area contributed by atoms with Crippen LogP contribution in [0.15, 0.2) is 0 Å². The molecule has 0 aliphatic heterocycles. The zero-order chi connectivity index (χ0) is 14.0. The van der Waals surface area contributed by atoms with Crippen molar-refractivity contribution in [3.05, 3.63) is 0 Å². The van der Waals surface area contributed by atoms with Gasteiger partial charge in [0.05, 0.1) is 0 Å². The Bertz CT molecular complexity index is 323. The minimum absolute atomic E-state index is 0.173. The van der Waals surface area contributed by atoms with Crippen molar-refractivity contribution in [2.24, 2.45) is 23.5 Å². The zero-order valence-corrected chi connectivity index (χ0v) is 12.7. The average molecular weight is 266 g/mol. The van der Waals surface area contributed by atoms with Crippen molar-refractivity contribution in [1.82, 2.24) is 5.32 Å². The highest BCUT2D eigenvalue weighted by Crippen LogP contribution is 2.35. The van der Waals surface area contributed by atoms with Gasteiger partial charge in [-0.2, -0.15) is 0 Å². The van der Waals surface area contributed by atoms with E-state index in [9.17, 15) is 4.79 Å². The lowest BCUT2D eigenvalue weighted by atomic mass is 9.73. The standard InChI is InChI=1S/C16H30N2O/c1-11(2)13-6-5-12(3)9-14(13)18-15(19)10-16(17)7-4-8-16/h11-14H,4-10,17H2,1-3H3,(H,18,19). The highest BCUT2D eigenvalue weighted by atomic mass is 16.1. The predicted octanol–water partition coefficient (Wildman–Crippen LogP) is 2.83. The summed E-state index contributed by atoms with van der Waals surface area (Å²) in [7, 11) is 0. The van der Waals surface area contributed by atoms with Gasteiger partial charge in [0.2, 0.25) is 5.91 Å². The van der Waals surface area contributed by atoms with Gasteiger partial charge in [-0.05, 0) is 49.9 Å². The third kappa shape index (κ3) is 3.71. The molecule has 0 heterocycles. The monoisotopic (exact) mass is 266 g/mol. The summed E-state index contributed by atoms with van der Waals surface area (Å²) < 4.78 is 0. The Morgan fingerprint density at radius 3 is 2.58 bits per heavy atom. The maximum Gasteiger partial charge on any atom is 0.222 e. The number of rotatable bonds is 4. The molecule has 110 valence electrons. The van der Waals surface area contributed by atoms with Gasteiger partial charge in [0.1, 0.15) is 0 Å². The molecule has 0 aromatic rings. The van der Waals surface area contributed by atoms with E-state index in [4.69, 9.17) is 5.73 Å². The number of amides is 1. The number of hydrogen-bond acceptors (Lipinski definition) is 2. The molecule has 1 amide bonds. The summed E-state index contributed by atoms with van der Waals surface area (Å²) in [6.45, 7) is 6.85. The molecule has 2 saturated carbocycles.